The fourth-order valence-electron chi connectivity index (χ4n) is 4.82. The van der Waals surface area contributed by atoms with E-state index < -0.39 is 35.0 Å². The summed E-state index contributed by atoms with van der Waals surface area (Å²) in [5.74, 6) is -4.26. The van der Waals surface area contributed by atoms with Crippen molar-refractivity contribution in [2.24, 2.45) is 18.7 Å². The lowest BCUT2D eigenvalue weighted by Crippen LogP contribution is -2.38. The van der Waals surface area contributed by atoms with Crippen LogP contribution in [-0.2, 0) is 16.6 Å². The van der Waals surface area contributed by atoms with E-state index in [1.165, 1.54) is 23.1 Å². The first-order chi connectivity index (χ1) is 20.7. The van der Waals surface area contributed by atoms with Crippen molar-refractivity contribution in [1.29, 1.82) is 5.41 Å². The molecule has 2 aromatic heterocycles. The number of nitrogens with zero attached hydrogens (tertiary/aromatic N) is 4. The van der Waals surface area contributed by atoms with Gasteiger partial charge in [-0.05, 0) is 50.1 Å². The Morgan fingerprint density at radius 2 is 1.84 bits per heavy atom. The maximum Gasteiger partial charge on any atom is 0.309 e. The van der Waals surface area contributed by atoms with Crippen molar-refractivity contribution >= 4 is 17.5 Å². The van der Waals surface area contributed by atoms with Crippen LogP contribution in [0.15, 0.2) is 54.9 Å². The summed E-state index contributed by atoms with van der Waals surface area (Å²) < 4.78 is 50.5. The van der Waals surface area contributed by atoms with Crippen LogP contribution in [0.4, 0.5) is 14.5 Å². The minimum Gasteiger partial charge on any atom is -0.504 e. The molecule has 0 radical (unpaired) electrons. The number of halogens is 2. The van der Waals surface area contributed by atoms with Gasteiger partial charge in [0.2, 0.25) is 11.6 Å². The number of hydrogen-bond acceptors (Lipinski definition) is 9. The zero-order valence-electron chi connectivity index (χ0n) is 23.5. The van der Waals surface area contributed by atoms with Crippen molar-refractivity contribution in [3.05, 3.63) is 72.1 Å². The third-order valence-corrected chi connectivity index (χ3v) is 7.03. The van der Waals surface area contributed by atoms with Crippen LogP contribution in [0.3, 0.4) is 0 Å². The molecule has 0 atom stereocenters. The number of phenolic OH excluding ortho intramolecular Hbond substituents is 1. The highest BCUT2D eigenvalue weighted by molar-refractivity contribution is 5.95. The highest BCUT2D eigenvalue weighted by Crippen LogP contribution is 2.41. The van der Waals surface area contributed by atoms with Crippen molar-refractivity contribution in [2.75, 3.05) is 24.6 Å². The number of benzene rings is 2. The van der Waals surface area contributed by atoms with Crippen LogP contribution in [-0.4, -0.2) is 51.1 Å². The molecule has 13 heteroatoms. The number of aryl methyl sites for hydroxylation is 1. The second kappa shape index (κ2) is 12.3. The van der Waals surface area contributed by atoms with Crippen molar-refractivity contribution in [3.63, 3.8) is 0 Å². The van der Waals surface area contributed by atoms with Gasteiger partial charge in [0, 0.05) is 43.7 Å². The van der Waals surface area contributed by atoms with Crippen LogP contribution in [0.25, 0.3) is 11.4 Å². The molecular formula is C30H30F2N6O5. The van der Waals surface area contributed by atoms with E-state index in [1.54, 1.807) is 42.1 Å². The molecule has 3 heterocycles. The maximum atomic E-state index is 16.1. The van der Waals surface area contributed by atoms with Gasteiger partial charge >= 0.3 is 5.97 Å². The molecule has 4 aromatic rings. The van der Waals surface area contributed by atoms with Gasteiger partial charge in [-0.15, -0.1) is 0 Å². The summed E-state index contributed by atoms with van der Waals surface area (Å²) in [5, 5.41) is 18.0. The number of phenols is 1. The standard InChI is InChI=1S/C30H30F2N6O5/c1-3-41-30(40)17-9-12-38(13-10-17)25-23(31)28(42-20-6-4-5-19(15-20)27-35-11-14-37(27)2)36-29(24(25)32)43-22-16-18(26(33)34)7-8-21(22)39/h4-8,11,14-17,39H,3,9-10,12-13H2,1-2H3,(H3,33,34). The first kappa shape index (κ1) is 29.3. The Balaban J connectivity index is 1.53. The van der Waals surface area contributed by atoms with E-state index in [0.717, 1.165) is 0 Å². The highest BCUT2D eigenvalue weighted by Gasteiger charge is 2.33. The molecule has 43 heavy (non-hydrogen) atoms. The largest absolute Gasteiger partial charge is 0.504 e. The van der Waals surface area contributed by atoms with Crippen LogP contribution in [0, 0.1) is 23.0 Å². The molecule has 1 aliphatic rings. The van der Waals surface area contributed by atoms with E-state index in [9.17, 15) is 9.90 Å². The predicted molar refractivity (Wildman–Crippen MR) is 154 cm³/mol. The van der Waals surface area contributed by atoms with Gasteiger partial charge in [0.15, 0.2) is 11.5 Å². The van der Waals surface area contributed by atoms with E-state index in [1.807, 2.05) is 13.1 Å². The van der Waals surface area contributed by atoms with Crippen LogP contribution in [0.2, 0.25) is 0 Å². The summed E-state index contributed by atoms with van der Waals surface area (Å²) in [5.41, 5.74) is 6.00. The van der Waals surface area contributed by atoms with Gasteiger partial charge in [-0.1, -0.05) is 12.1 Å². The third kappa shape index (κ3) is 6.20. The van der Waals surface area contributed by atoms with Gasteiger partial charge in [0.25, 0.3) is 11.8 Å². The Morgan fingerprint density at radius 3 is 2.49 bits per heavy atom. The van der Waals surface area contributed by atoms with Crippen molar-refractivity contribution in [1.82, 2.24) is 14.5 Å². The van der Waals surface area contributed by atoms with Crippen LogP contribution in [0.5, 0.6) is 29.0 Å². The summed E-state index contributed by atoms with van der Waals surface area (Å²) in [7, 11) is 1.83. The van der Waals surface area contributed by atoms with E-state index >= 15 is 8.78 Å². The lowest BCUT2D eigenvalue weighted by Gasteiger charge is -2.33. The number of aromatic nitrogens is 3. The van der Waals surface area contributed by atoms with Gasteiger partial charge in [0.1, 0.15) is 23.1 Å². The Labute approximate surface area is 246 Å². The molecule has 0 saturated carbocycles. The Kier molecular flexibility index (Phi) is 8.41. The number of rotatable bonds is 9. The lowest BCUT2D eigenvalue weighted by molar-refractivity contribution is -0.148. The number of ether oxygens (including phenoxy) is 3. The van der Waals surface area contributed by atoms with E-state index in [4.69, 9.17) is 25.4 Å². The molecule has 5 rings (SSSR count). The van der Waals surface area contributed by atoms with E-state index in [2.05, 4.69) is 9.97 Å². The van der Waals surface area contributed by atoms with Gasteiger partial charge < -0.3 is 34.5 Å². The summed E-state index contributed by atoms with van der Waals surface area (Å²) in [6.07, 6.45) is 4.06. The van der Waals surface area contributed by atoms with Crippen LogP contribution >= 0.6 is 0 Å². The second-order valence-corrected chi connectivity index (χ2v) is 9.90. The van der Waals surface area contributed by atoms with E-state index in [-0.39, 0.29) is 54.3 Å². The summed E-state index contributed by atoms with van der Waals surface area (Å²) in [4.78, 5) is 22.0. The molecule has 1 aliphatic heterocycles. The minimum atomic E-state index is -1.13. The summed E-state index contributed by atoms with van der Waals surface area (Å²) in [6, 6.07) is 10.6. The fourth-order valence-corrected chi connectivity index (χ4v) is 4.82. The molecule has 11 nitrogen and oxygen atoms in total. The molecule has 0 bridgehead atoms. The SMILES string of the molecule is CCOC(=O)C1CCN(c2c(F)c(Oc3cccc(-c4nccn4C)c3)nc(Oc3cc(C(=N)N)ccc3O)c2F)CC1. The maximum absolute atomic E-state index is 16.1. The number of nitrogen functional groups attached to an aromatic ring is 1. The number of pyridine rings is 1. The Hall–Kier alpha value is -5.20. The molecular weight excluding hydrogens is 562 g/mol. The number of amidine groups is 1. The number of aromatic hydroxyl groups is 1. The number of carbonyl (C=O) groups is 1. The fraction of sp³-hybridized carbons (Fsp3) is 0.267. The molecule has 0 spiro atoms. The third-order valence-electron chi connectivity index (χ3n) is 7.03. The summed E-state index contributed by atoms with van der Waals surface area (Å²) >= 11 is 0. The molecule has 0 amide bonds. The number of esters is 1. The lowest BCUT2D eigenvalue weighted by atomic mass is 9.96. The minimum absolute atomic E-state index is 0.153. The molecule has 1 saturated heterocycles. The van der Waals surface area contributed by atoms with Crippen molar-refractivity contribution < 1.29 is 32.9 Å². The molecule has 0 aliphatic carbocycles. The zero-order valence-corrected chi connectivity index (χ0v) is 23.5. The topological polar surface area (TPSA) is 149 Å². The van der Waals surface area contributed by atoms with Gasteiger partial charge in [-0.3, -0.25) is 10.2 Å². The number of piperidine rings is 1. The quantitative estimate of drug-likeness (QED) is 0.137. The van der Waals surface area contributed by atoms with Gasteiger partial charge in [-0.2, -0.15) is 13.8 Å². The average Bonchev–Trinajstić information content (AvgIpc) is 3.43. The Bertz CT molecular complexity index is 1670. The van der Waals surface area contributed by atoms with Crippen LogP contribution in [0.1, 0.15) is 25.3 Å². The predicted octanol–water partition coefficient (Wildman–Crippen LogP) is 5.11. The molecule has 4 N–H and O–H groups in total. The van der Waals surface area contributed by atoms with Crippen molar-refractivity contribution in [3.8, 4) is 40.4 Å². The normalized spacial score (nSPS) is 13.5. The van der Waals surface area contributed by atoms with Crippen molar-refractivity contribution in [2.45, 2.75) is 19.8 Å². The number of hydrogen-bond donors (Lipinski definition) is 3. The highest BCUT2D eigenvalue weighted by atomic mass is 19.1. The second-order valence-electron chi connectivity index (χ2n) is 9.90. The number of imidazole rings is 1. The Morgan fingerprint density at radius 1 is 1.12 bits per heavy atom. The first-order valence-electron chi connectivity index (χ1n) is 13.6. The average molecular weight is 593 g/mol. The van der Waals surface area contributed by atoms with Crippen LogP contribution < -0.4 is 20.1 Å². The molecule has 224 valence electrons. The monoisotopic (exact) mass is 592 g/mol. The van der Waals surface area contributed by atoms with E-state index in [0.29, 0.717) is 24.2 Å². The number of carbonyl (C=O) groups excluding carboxylic acids is 1. The smallest absolute Gasteiger partial charge is 0.309 e. The first-order valence-corrected chi connectivity index (χ1v) is 13.6. The molecule has 1 fully saturated rings. The zero-order chi connectivity index (χ0) is 30.7. The summed E-state index contributed by atoms with van der Waals surface area (Å²) in [6.45, 7) is 2.26. The number of anilines is 1. The number of nitrogens with one attached hydrogen (secondary N) is 1. The van der Waals surface area contributed by atoms with Gasteiger partial charge in [-0.25, -0.2) is 4.98 Å². The van der Waals surface area contributed by atoms with Gasteiger partial charge in [0.05, 0.1) is 12.5 Å². The number of nitrogens with two attached hydrogens (primary N) is 1. The molecule has 0 unspecified atom stereocenters. The molecule has 2 aromatic carbocycles.